The summed E-state index contributed by atoms with van der Waals surface area (Å²) in [6, 6.07) is 1.48. The summed E-state index contributed by atoms with van der Waals surface area (Å²) in [5.41, 5.74) is 5.19. The summed E-state index contributed by atoms with van der Waals surface area (Å²) in [6.07, 6.45) is 0. The molecule has 1 atom stereocenters. The third-order valence-electron chi connectivity index (χ3n) is 1.41. The summed E-state index contributed by atoms with van der Waals surface area (Å²) < 4.78 is 0. The number of carboxylic acid groups (broad SMARTS) is 1. The highest BCUT2D eigenvalue weighted by Gasteiger charge is 2.22. The lowest BCUT2D eigenvalue weighted by Crippen LogP contribution is -2.18. The van der Waals surface area contributed by atoms with E-state index in [1.807, 2.05) is 0 Å². The van der Waals surface area contributed by atoms with Gasteiger partial charge in [-0.3, -0.25) is 4.79 Å². The smallest absolute Gasteiger partial charge is 0.346 e. The number of hydrogen-bond acceptors (Lipinski definition) is 3. The van der Waals surface area contributed by atoms with E-state index in [9.17, 15) is 9.59 Å². The van der Waals surface area contributed by atoms with E-state index in [1.54, 1.807) is 5.38 Å². The number of alkyl halides is 1. The zero-order valence-corrected chi connectivity index (χ0v) is 7.93. The summed E-state index contributed by atoms with van der Waals surface area (Å²) in [4.78, 5) is 21.3. The molecule has 0 aliphatic carbocycles. The van der Waals surface area contributed by atoms with Crippen LogP contribution in [0.4, 0.5) is 0 Å². The normalized spacial score (nSPS) is 12.4. The van der Waals surface area contributed by atoms with Gasteiger partial charge < -0.3 is 10.8 Å². The Kier molecular flexibility index (Phi) is 2.90. The van der Waals surface area contributed by atoms with Gasteiger partial charge in [0.1, 0.15) is 10.3 Å². The quantitative estimate of drug-likeness (QED) is 0.750. The Morgan fingerprint density at radius 1 is 1.62 bits per heavy atom. The minimum absolute atomic E-state index is 0.0544. The first-order chi connectivity index (χ1) is 6.04. The van der Waals surface area contributed by atoms with Crippen molar-refractivity contribution in [2.45, 2.75) is 5.38 Å². The van der Waals surface area contributed by atoms with E-state index in [2.05, 4.69) is 0 Å². The standard InChI is InChI=1S/C7H6ClNO3S/c8-4(6(9)10)3-1-2-13-5(3)7(11)12/h1-2,4H,(H2,9,10)(H,11,12). The number of halogens is 1. The lowest BCUT2D eigenvalue weighted by Gasteiger charge is -2.03. The second-order valence-electron chi connectivity index (χ2n) is 2.28. The molecule has 0 bridgehead atoms. The molecule has 0 aliphatic rings. The number of thiophene rings is 1. The Morgan fingerprint density at radius 2 is 2.23 bits per heavy atom. The number of nitrogens with two attached hydrogens (primary N) is 1. The largest absolute Gasteiger partial charge is 0.477 e. The van der Waals surface area contributed by atoms with Crippen molar-refractivity contribution in [3.8, 4) is 0 Å². The summed E-state index contributed by atoms with van der Waals surface area (Å²) in [5, 5.41) is 9.17. The van der Waals surface area contributed by atoms with Crippen molar-refractivity contribution in [1.82, 2.24) is 0 Å². The fourth-order valence-corrected chi connectivity index (χ4v) is 1.87. The van der Waals surface area contributed by atoms with Gasteiger partial charge in [0.05, 0.1) is 0 Å². The molecule has 1 heterocycles. The molecular formula is C7H6ClNO3S. The Bertz CT molecular complexity index is 349. The van der Waals surface area contributed by atoms with E-state index in [0.717, 1.165) is 11.3 Å². The van der Waals surface area contributed by atoms with Gasteiger partial charge in [-0.1, -0.05) is 0 Å². The highest BCUT2D eigenvalue weighted by molar-refractivity contribution is 7.12. The minimum Gasteiger partial charge on any atom is -0.477 e. The van der Waals surface area contributed by atoms with Crippen molar-refractivity contribution < 1.29 is 14.7 Å². The number of hydrogen-bond donors (Lipinski definition) is 2. The van der Waals surface area contributed by atoms with Crippen LogP contribution in [0.25, 0.3) is 0 Å². The Morgan fingerprint density at radius 3 is 2.69 bits per heavy atom. The molecule has 0 saturated heterocycles. The molecule has 0 fully saturated rings. The lowest BCUT2D eigenvalue weighted by atomic mass is 10.2. The van der Waals surface area contributed by atoms with E-state index in [0.29, 0.717) is 0 Å². The van der Waals surface area contributed by atoms with E-state index >= 15 is 0 Å². The van der Waals surface area contributed by atoms with Crippen molar-refractivity contribution in [1.29, 1.82) is 0 Å². The van der Waals surface area contributed by atoms with Gasteiger partial charge in [0.25, 0.3) is 0 Å². The molecule has 1 unspecified atom stereocenters. The van der Waals surface area contributed by atoms with E-state index in [-0.39, 0.29) is 10.4 Å². The van der Waals surface area contributed by atoms with Crippen LogP contribution in [0.1, 0.15) is 20.6 Å². The molecule has 0 aromatic carbocycles. The Balaban J connectivity index is 3.07. The number of aromatic carboxylic acids is 1. The second-order valence-corrected chi connectivity index (χ2v) is 3.63. The molecule has 6 heteroatoms. The van der Waals surface area contributed by atoms with Crippen LogP contribution in [0.3, 0.4) is 0 Å². The number of primary amides is 1. The summed E-state index contributed by atoms with van der Waals surface area (Å²) in [5.74, 6) is -1.85. The first-order valence-corrected chi connectivity index (χ1v) is 4.59. The average Bonchev–Trinajstić information content (AvgIpc) is 2.50. The number of carbonyl (C=O) groups excluding carboxylic acids is 1. The SMILES string of the molecule is NC(=O)C(Cl)c1ccsc1C(=O)O. The van der Waals surface area contributed by atoms with Gasteiger partial charge in [-0.25, -0.2) is 4.79 Å². The van der Waals surface area contributed by atoms with Gasteiger partial charge in [-0.05, 0) is 11.4 Å². The van der Waals surface area contributed by atoms with Crippen LogP contribution in [-0.4, -0.2) is 17.0 Å². The van der Waals surface area contributed by atoms with Gasteiger partial charge in [0.15, 0.2) is 0 Å². The van der Waals surface area contributed by atoms with Crippen molar-refractivity contribution in [2.24, 2.45) is 5.73 Å². The highest BCUT2D eigenvalue weighted by atomic mass is 35.5. The zero-order chi connectivity index (χ0) is 10.0. The lowest BCUT2D eigenvalue weighted by molar-refractivity contribution is -0.117. The molecule has 3 N–H and O–H groups in total. The number of carbonyl (C=O) groups is 2. The predicted molar refractivity (Wildman–Crippen MR) is 49.1 cm³/mol. The van der Waals surface area contributed by atoms with Gasteiger partial charge >= 0.3 is 5.97 Å². The molecule has 0 saturated carbocycles. The molecule has 0 radical (unpaired) electrons. The zero-order valence-electron chi connectivity index (χ0n) is 6.36. The molecule has 0 aliphatic heterocycles. The Hall–Kier alpha value is -1.07. The van der Waals surface area contributed by atoms with Gasteiger partial charge in [-0.15, -0.1) is 22.9 Å². The first-order valence-electron chi connectivity index (χ1n) is 3.28. The van der Waals surface area contributed by atoms with E-state index < -0.39 is 17.3 Å². The maximum absolute atomic E-state index is 10.7. The number of amides is 1. The van der Waals surface area contributed by atoms with Crippen molar-refractivity contribution in [3.63, 3.8) is 0 Å². The molecular weight excluding hydrogens is 214 g/mol. The number of rotatable bonds is 3. The van der Waals surface area contributed by atoms with Crippen LogP contribution >= 0.6 is 22.9 Å². The fourth-order valence-electron chi connectivity index (χ4n) is 0.846. The maximum Gasteiger partial charge on any atom is 0.346 e. The topological polar surface area (TPSA) is 80.4 Å². The highest BCUT2D eigenvalue weighted by Crippen LogP contribution is 2.27. The molecule has 1 aromatic rings. The fraction of sp³-hybridized carbons (Fsp3) is 0.143. The van der Waals surface area contributed by atoms with Crippen LogP contribution in [0.5, 0.6) is 0 Å². The summed E-state index contributed by atoms with van der Waals surface area (Å²) in [7, 11) is 0. The monoisotopic (exact) mass is 219 g/mol. The molecule has 0 spiro atoms. The van der Waals surface area contributed by atoms with Gasteiger partial charge in [0.2, 0.25) is 5.91 Å². The third-order valence-corrected chi connectivity index (χ3v) is 2.78. The summed E-state index contributed by atoms with van der Waals surface area (Å²) >= 11 is 6.61. The maximum atomic E-state index is 10.7. The third kappa shape index (κ3) is 1.99. The van der Waals surface area contributed by atoms with Crippen LogP contribution in [0, 0.1) is 0 Å². The predicted octanol–water partition coefficient (Wildman–Crippen LogP) is 1.21. The van der Waals surface area contributed by atoms with Crippen molar-refractivity contribution in [2.75, 3.05) is 0 Å². The first kappa shape index (κ1) is 10.0. The van der Waals surface area contributed by atoms with Crippen molar-refractivity contribution in [3.05, 3.63) is 21.9 Å². The molecule has 4 nitrogen and oxygen atoms in total. The average molecular weight is 220 g/mol. The van der Waals surface area contributed by atoms with Crippen molar-refractivity contribution >= 4 is 34.8 Å². The van der Waals surface area contributed by atoms with Crippen LogP contribution in [-0.2, 0) is 4.79 Å². The van der Waals surface area contributed by atoms with Gasteiger partial charge in [-0.2, -0.15) is 0 Å². The van der Waals surface area contributed by atoms with Crippen LogP contribution < -0.4 is 5.73 Å². The molecule has 13 heavy (non-hydrogen) atoms. The second kappa shape index (κ2) is 3.76. The molecule has 1 aromatic heterocycles. The van der Waals surface area contributed by atoms with Crippen LogP contribution in [0.15, 0.2) is 11.4 Å². The Labute approximate surface area is 82.9 Å². The van der Waals surface area contributed by atoms with Crippen LogP contribution in [0.2, 0.25) is 0 Å². The molecule has 1 amide bonds. The van der Waals surface area contributed by atoms with E-state index in [4.69, 9.17) is 22.4 Å². The molecule has 1 rings (SSSR count). The van der Waals surface area contributed by atoms with Gasteiger partial charge in [0, 0.05) is 5.56 Å². The summed E-state index contributed by atoms with van der Waals surface area (Å²) in [6.45, 7) is 0. The molecule has 70 valence electrons. The minimum atomic E-state index is -1.10. The van der Waals surface area contributed by atoms with E-state index in [1.165, 1.54) is 6.07 Å². The number of carboxylic acids is 1.